The number of nitrogens with zero attached hydrogens (tertiary/aromatic N) is 1. The van der Waals surface area contributed by atoms with Crippen molar-refractivity contribution < 1.29 is 5.21 Å². The van der Waals surface area contributed by atoms with Gasteiger partial charge in [-0.2, -0.15) is 5.10 Å². The monoisotopic (exact) mass is 332 g/mol. The molecule has 0 spiro atoms. The summed E-state index contributed by atoms with van der Waals surface area (Å²) in [6, 6.07) is 11.6. The van der Waals surface area contributed by atoms with Crippen LogP contribution < -0.4 is 10.8 Å². The molecule has 0 saturated heterocycles. The molecule has 2 aromatic carbocycles. The largest absolute Gasteiger partial charge is 0.380 e. The molecule has 6 heteroatoms. The molecule has 3 aromatic rings. The zero-order valence-corrected chi connectivity index (χ0v) is 12.1. The highest BCUT2D eigenvalue weighted by atomic mass is 79.9. The molecular weight excluding hydrogens is 320 g/mol. The molecule has 0 fully saturated rings. The van der Waals surface area contributed by atoms with Gasteiger partial charge in [0.15, 0.2) is 0 Å². The number of aromatic amines is 1. The van der Waals surface area contributed by atoms with Crippen molar-refractivity contribution in [2.45, 2.75) is 6.54 Å². The number of hydrogen-bond acceptors (Lipinski definition) is 4. The lowest BCUT2D eigenvalue weighted by Crippen LogP contribution is -2.00. The molecule has 0 radical (unpaired) electrons. The van der Waals surface area contributed by atoms with Gasteiger partial charge in [0.1, 0.15) is 0 Å². The van der Waals surface area contributed by atoms with Gasteiger partial charge in [0.2, 0.25) is 0 Å². The summed E-state index contributed by atoms with van der Waals surface area (Å²) in [6.07, 6.45) is 1.80. The molecule has 0 bridgehead atoms. The van der Waals surface area contributed by atoms with Crippen LogP contribution in [0.5, 0.6) is 0 Å². The van der Waals surface area contributed by atoms with Crippen molar-refractivity contribution in [2.24, 2.45) is 0 Å². The number of benzene rings is 2. The van der Waals surface area contributed by atoms with E-state index < -0.39 is 0 Å². The van der Waals surface area contributed by atoms with Crippen molar-refractivity contribution >= 4 is 38.2 Å². The van der Waals surface area contributed by atoms with E-state index in [1.54, 1.807) is 12.3 Å². The lowest BCUT2D eigenvalue weighted by Gasteiger charge is -2.09. The summed E-state index contributed by atoms with van der Waals surface area (Å²) in [5.74, 6) is 0. The fourth-order valence-corrected chi connectivity index (χ4v) is 2.57. The number of halogens is 1. The zero-order chi connectivity index (χ0) is 13.9. The Labute approximate surface area is 124 Å². The van der Waals surface area contributed by atoms with Gasteiger partial charge in [0, 0.05) is 22.1 Å². The lowest BCUT2D eigenvalue weighted by atomic mass is 10.2. The summed E-state index contributed by atoms with van der Waals surface area (Å²) in [4.78, 5) is 0. The van der Waals surface area contributed by atoms with Gasteiger partial charge in [-0.15, -0.1) is 0 Å². The summed E-state index contributed by atoms with van der Waals surface area (Å²) >= 11 is 3.49. The van der Waals surface area contributed by atoms with Crippen molar-refractivity contribution in [3.63, 3.8) is 0 Å². The lowest BCUT2D eigenvalue weighted by molar-refractivity contribution is 0.389. The Morgan fingerprint density at radius 2 is 2.15 bits per heavy atom. The fraction of sp³-hybridized carbons (Fsp3) is 0.0714. The van der Waals surface area contributed by atoms with Crippen LogP contribution in [0.3, 0.4) is 0 Å². The second-order valence-corrected chi connectivity index (χ2v) is 5.37. The molecule has 1 heterocycles. The SMILES string of the molecule is ONc1cccc(CNc2cc(Br)cc3[nH]ncc23)c1. The van der Waals surface area contributed by atoms with Crippen molar-refractivity contribution in [1.82, 2.24) is 10.2 Å². The molecule has 0 aliphatic carbocycles. The summed E-state index contributed by atoms with van der Waals surface area (Å²) < 4.78 is 0.988. The van der Waals surface area contributed by atoms with Gasteiger partial charge in [-0.25, -0.2) is 0 Å². The molecule has 102 valence electrons. The van der Waals surface area contributed by atoms with E-state index in [-0.39, 0.29) is 0 Å². The van der Waals surface area contributed by atoms with E-state index in [1.165, 1.54) is 0 Å². The Balaban J connectivity index is 1.84. The van der Waals surface area contributed by atoms with E-state index in [0.29, 0.717) is 12.2 Å². The van der Waals surface area contributed by atoms with Gasteiger partial charge < -0.3 is 5.32 Å². The molecular formula is C14H13BrN4O. The van der Waals surface area contributed by atoms with Gasteiger partial charge in [0.25, 0.3) is 0 Å². The summed E-state index contributed by atoms with van der Waals surface area (Å²) in [6.45, 7) is 0.659. The quantitative estimate of drug-likeness (QED) is 0.549. The molecule has 0 amide bonds. The molecule has 3 rings (SSSR count). The first-order chi connectivity index (χ1) is 9.76. The topological polar surface area (TPSA) is 73.0 Å². The zero-order valence-electron chi connectivity index (χ0n) is 10.5. The van der Waals surface area contributed by atoms with Crippen molar-refractivity contribution in [1.29, 1.82) is 0 Å². The van der Waals surface area contributed by atoms with E-state index >= 15 is 0 Å². The minimum absolute atomic E-state index is 0.659. The Morgan fingerprint density at radius 3 is 3.00 bits per heavy atom. The number of rotatable bonds is 4. The normalized spacial score (nSPS) is 10.7. The predicted octanol–water partition coefficient (Wildman–Crippen LogP) is 3.74. The van der Waals surface area contributed by atoms with E-state index in [1.807, 2.05) is 30.3 Å². The van der Waals surface area contributed by atoms with E-state index in [2.05, 4.69) is 36.9 Å². The molecule has 0 aliphatic heterocycles. The minimum Gasteiger partial charge on any atom is -0.380 e. The van der Waals surface area contributed by atoms with Gasteiger partial charge in [-0.3, -0.25) is 15.8 Å². The van der Waals surface area contributed by atoms with E-state index in [0.717, 1.165) is 26.6 Å². The average Bonchev–Trinajstić information content (AvgIpc) is 2.93. The predicted molar refractivity (Wildman–Crippen MR) is 83.0 cm³/mol. The van der Waals surface area contributed by atoms with Crippen LogP contribution in [0.15, 0.2) is 47.1 Å². The van der Waals surface area contributed by atoms with Crippen molar-refractivity contribution in [2.75, 3.05) is 10.8 Å². The number of anilines is 2. The second-order valence-electron chi connectivity index (χ2n) is 4.45. The highest BCUT2D eigenvalue weighted by Crippen LogP contribution is 2.27. The van der Waals surface area contributed by atoms with Gasteiger partial charge in [-0.1, -0.05) is 28.1 Å². The molecule has 0 aliphatic rings. The van der Waals surface area contributed by atoms with Crippen LogP contribution in [-0.2, 0) is 6.54 Å². The second kappa shape index (κ2) is 5.52. The summed E-state index contributed by atoms with van der Waals surface area (Å²) in [7, 11) is 0. The van der Waals surface area contributed by atoms with Crippen LogP contribution in [0, 0.1) is 0 Å². The maximum absolute atomic E-state index is 8.91. The third-order valence-electron chi connectivity index (χ3n) is 3.06. The van der Waals surface area contributed by atoms with Crippen molar-refractivity contribution in [3.05, 3.63) is 52.6 Å². The smallest absolute Gasteiger partial charge is 0.0682 e. The fourth-order valence-electron chi connectivity index (χ4n) is 2.11. The highest BCUT2D eigenvalue weighted by molar-refractivity contribution is 9.10. The Bertz CT molecular complexity index is 741. The first-order valence-electron chi connectivity index (χ1n) is 6.12. The molecule has 20 heavy (non-hydrogen) atoms. The molecule has 0 unspecified atom stereocenters. The standard InChI is InChI=1S/C14H13BrN4O/c15-10-5-13(12-8-17-18-14(12)6-10)16-7-9-2-1-3-11(4-9)19-20/h1-6,8,16,19-20H,7H2,(H,17,18). The Kier molecular flexibility index (Phi) is 3.58. The summed E-state index contributed by atoms with van der Waals surface area (Å²) in [5.41, 5.74) is 5.88. The minimum atomic E-state index is 0.659. The number of hydrogen-bond donors (Lipinski definition) is 4. The van der Waals surface area contributed by atoms with Crippen LogP contribution in [-0.4, -0.2) is 15.4 Å². The number of aromatic nitrogens is 2. The van der Waals surface area contributed by atoms with Gasteiger partial charge in [0.05, 0.1) is 17.4 Å². The van der Waals surface area contributed by atoms with E-state index in [9.17, 15) is 0 Å². The first kappa shape index (κ1) is 13.0. The van der Waals surface area contributed by atoms with Crippen LogP contribution in [0.1, 0.15) is 5.56 Å². The molecule has 4 N–H and O–H groups in total. The number of nitrogens with one attached hydrogen (secondary N) is 3. The average molecular weight is 333 g/mol. The molecule has 5 nitrogen and oxygen atoms in total. The maximum atomic E-state index is 8.91. The third-order valence-corrected chi connectivity index (χ3v) is 3.52. The van der Waals surface area contributed by atoms with E-state index in [4.69, 9.17) is 5.21 Å². The van der Waals surface area contributed by atoms with Gasteiger partial charge >= 0.3 is 0 Å². The molecule has 0 atom stereocenters. The summed E-state index contributed by atoms with van der Waals surface area (Å²) in [5, 5.41) is 20.3. The van der Waals surface area contributed by atoms with Crippen LogP contribution >= 0.6 is 15.9 Å². The number of fused-ring (bicyclic) bond motifs is 1. The highest BCUT2D eigenvalue weighted by Gasteiger charge is 2.05. The third kappa shape index (κ3) is 2.61. The Hall–Kier alpha value is -2.05. The van der Waals surface area contributed by atoms with Crippen molar-refractivity contribution in [3.8, 4) is 0 Å². The van der Waals surface area contributed by atoms with Gasteiger partial charge in [-0.05, 0) is 29.8 Å². The maximum Gasteiger partial charge on any atom is 0.0682 e. The Morgan fingerprint density at radius 1 is 1.25 bits per heavy atom. The first-order valence-corrected chi connectivity index (χ1v) is 6.91. The molecule has 1 aromatic heterocycles. The van der Waals surface area contributed by atoms with Crippen LogP contribution in [0.25, 0.3) is 10.9 Å². The van der Waals surface area contributed by atoms with Crippen LogP contribution in [0.4, 0.5) is 11.4 Å². The van der Waals surface area contributed by atoms with Crippen LogP contribution in [0.2, 0.25) is 0 Å². The number of H-pyrrole nitrogens is 1. The molecule has 0 saturated carbocycles.